The zero-order valence-corrected chi connectivity index (χ0v) is 25.9. The van der Waals surface area contributed by atoms with Crippen molar-refractivity contribution < 1.29 is 28.6 Å². The molecule has 5 rings (SSSR count). The topological polar surface area (TPSA) is 164 Å². The summed E-state index contributed by atoms with van der Waals surface area (Å²) in [6, 6.07) is 7.49. The van der Waals surface area contributed by atoms with Crippen molar-refractivity contribution in [2.24, 2.45) is 11.0 Å². The van der Waals surface area contributed by atoms with Gasteiger partial charge in [0, 0.05) is 49.9 Å². The van der Waals surface area contributed by atoms with E-state index in [0.717, 1.165) is 56.6 Å². The Morgan fingerprint density at radius 3 is 2.78 bits per heavy atom. The minimum absolute atomic E-state index is 0.0696. The Balaban J connectivity index is 1.11. The maximum Gasteiger partial charge on any atom is 0.320 e. The number of pyridine rings is 1. The number of hydrogen-bond acceptors (Lipinski definition) is 7. The lowest BCUT2D eigenvalue weighted by molar-refractivity contribution is -0.138. The van der Waals surface area contributed by atoms with Crippen LogP contribution in [0.25, 0.3) is 10.4 Å². The quantitative estimate of drug-likeness (QED) is 0.171. The molecule has 3 amide bonds. The lowest BCUT2D eigenvalue weighted by Crippen LogP contribution is -2.39. The highest BCUT2D eigenvalue weighted by atomic mass is 19.1. The average molecular weight is 637 g/mol. The second kappa shape index (κ2) is 15.6. The number of urea groups is 1. The predicted molar refractivity (Wildman–Crippen MR) is 168 cm³/mol. The molecular formula is C32H41FN8O5. The minimum Gasteiger partial charge on any atom is -0.491 e. The van der Waals surface area contributed by atoms with Crippen molar-refractivity contribution in [3.63, 3.8) is 0 Å². The third-order valence-electron chi connectivity index (χ3n) is 9.04. The Hall–Kier alpha value is -4.58. The summed E-state index contributed by atoms with van der Waals surface area (Å²) in [5, 5.41) is 16.3. The highest BCUT2D eigenvalue weighted by molar-refractivity contribution is 5.79. The van der Waals surface area contributed by atoms with Gasteiger partial charge in [-0.3, -0.25) is 9.59 Å². The van der Waals surface area contributed by atoms with Crippen LogP contribution in [0.15, 0.2) is 35.4 Å². The van der Waals surface area contributed by atoms with Crippen LogP contribution in [-0.4, -0.2) is 95.1 Å². The minimum atomic E-state index is -1.07. The number of benzene rings is 1. The number of rotatable bonds is 14. The number of anilines is 1. The molecular weight excluding hydrogens is 595 g/mol. The number of aromatic nitrogens is 1. The van der Waals surface area contributed by atoms with E-state index in [9.17, 15) is 19.5 Å². The van der Waals surface area contributed by atoms with E-state index in [4.69, 9.17) is 15.3 Å². The highest BCUT2D eigenvalue weighted by Gasteiger charge is 2.35. The number of azide groups is 1. The fraction of sp³-hybridized carbons (Fsp3) is 0.562. The Bertz CT molecular complexity index is 1460. The third kappa shape index (κ3) is 8.36. The Kier molecular flexibility index (Phi) is 11.1. The summed E-state index contributed by atoms with van der Waals surface area (Å²) < 4.78 is 20.9. The predicted octanol–water partition coefficient (Wildman–Crippen LogP) is 4.78. The smallest absolute Gasteiger partial charge is 0.320 e. The summed E-state index contributed by atoms with van der Waals surface area (Å²) in [7, 11) is 0. The van der Waals surface area contributed by atoms with Crippen LogP contribution in [0.1, 0.15) is 61.4 Å². The number of aryl methyl sites for hydroxylation is 2. The molecule has 3 aliphatic rings. The van der Waals surface area contributed by atoms with Crippen LogP contribution in [0.2, 0.25) is 0 Å². The fourth-order valence-corrected chi connectivity index (χ4v) is 6.47. The van der Waals surface area contributed by atoms with Gasteiger partial charge in [-0.1, -0.05) is 17.2 Å². The summed E-state index contributed by atoms with van der Waals surface area (Å²) in [4.78, 5) is 49.4. The van der Waals surface area contributed by atoms with E-state index in [0.29, 0.717) is 57.2 Å². The van der Waals surface area contributed by atoms with Crippen LogP contribution in [0, 0.1) is 11.7 Å². The van der Waals surface area contributed by atoms with Crippen molar-refractivity contribution in [2.75, 3.05) is 57.7 Å². The monoisotopic (exact) mass is 636 g/mol. The van der Waals surface area contributed by atoms with Gasteiger partial charge in [0.05, 0.1) is 19.1 Å². The third-order valence-corrected chi connectivity index (χ3v) is 9.04. The van der Waals surface area contributed by atoms with Gasteiger partial charge in [-0.05, 0) is 85.7 Å². The molecule has 0 aliphatic carbocycles. The van der Waals surface area contributed by atoms with E-state index in [1.54, 1.807) is 15.9 Å². The van der Waals surface area contributed by atoms with Crippen molar-refractivity contribution in [2.45, 2.75) is 57.4 Å². The normalized spacial score (nSPS) is 17.2. The van der Waals surface area contributed by atoms with Gasteiger partial charge in [0.25, 0.3) is 0 Å². The first-order chi connectivity index (χ1) is 22.3. The van der Waals surface area contributed by atoms with Crippen LogP contribution in [0.4, 0.5) is 15.0 Å². The van der Waals surface area contributed by atoms with Crippen LogP contribution >= 0.6 is 0 Å². The summed E-state index contributed by atoms with van der Waals surface area (Å²) in [6.07, 6.45) is 5.50. The van der Waals surface area contributed by atoms with Crippen molar-refractivity contribution in [1.82, 2.24) is 19.7 Å². The maximum absolute atomic E-state index is 15.2. The molecule has 14 heteroatoms. The number of aliphatic carboxylic acids is 1. The first kappa shape index (κ1) is 32.8. The largest absolute Gasteiger partial charge is 0.491 e. The number of hydrogen-bond donors (Lipinski definition) is 2. The molecule has 3 aliphatic heterocycles. The van der Waals surface area contributed by atoms with Gasteiger partial charge in [-0.15, -0.1) is 0 Å². The molecule has 0 saturated carbocycles. The number of nitrogens with one attached hydrogen (secondary N) is 1. The first-order valence-electron chi connectivity index (χ1n) is 16.0. The van der Waals surface area contributed by atoms with Gasteiger partial charge in [-0.25, -0.2) is 14.2 Å². The SMILES string of the molecule is [N-]=[N+]=NCC(=O)N1CCC(CCOc2ccc([C@H](CC(=O)O)N3CCN(CCCc4ccc5c(n4)NCCC5)C3=O)cc2F)CC1. The van der Waals surface area contributed by atoms with E-state index in [1.165, 1.54) is 22.6 Å². The van der Waals surface area contributed by atoms with E-state index in [2.05, 4.69) is 21.4 Å². The van der Waals surface area contributed by atoms with Crippen molar-refractivity contribution in [1.29, 1.82) is 0 Å². The first-order valence-corrected chi connectivity index (χ1v) is 16.0. The Morgan fingerprint density at radius 2 is 2.02 bits per heavy atom. The number of carboxylic acid groups (broad SMARTS) is 1. The number of likely N-dealkylation sites (tertiary alicyclic amines) is 1. The summed E-state index contributed by atoms with van der Waals surface area (Å²) in [5.41, 5.74) is 11.0. The van der Waals surface area contributed by atoms with Gasteiger partial charge in [0.2, 0.25) is 5.91 Å². The molecule has 1 atom stereocenters. The zero-order chi connectivity index (χ0) is 32.5. The van der Waals surface area contributed by atoms with Crippen LogP contribution in [0.5, 0.6) is 5.75 Å². The zero-order valence-electron chi connectivity index (χ0n) is 25.9. The molecule has 2 saturated heterocycles. The molecule has 0 bridgehead atoms. The van der Waals surface area contributed by atoms with Gasteiger partial charge >= 0.3 is 12.0 Å². The van der Waals surface area contributed by atoms with Crippen LogP contribution in [0.3, 0.4) is 0 Å². The molecule has 1 aromatic carbocycles. The van der Waals surface area contributed by atoms with E-state index in [1.807, 2.05) is 6.07 Å². The molecule has 0 spiro atoms. The number of nitrogens with zero attached hydrogens (tertiary/aromatic N) is 7. The molecule has 1 aromatic heterocycles. The molecule has 4 heterocycles. The van der Waals surface area contributed by atoms with Gasteiger partial charge in [0.1, 0.15) is 12.4 Å². The highest BCUT2D eigenvalue weighted by Crippen LogP contribution is 2.32. The number of amides is 3. The number of carbonyl (C=O) groups excluding carboxylic acids is 2. The number of piperidine rings is 1. The summed E-state index contributed by atoms with van der Waals surface area (Å²) in [6.45, 7) is 3.54. The lowest BCUT2D eigenvalue weighted by atomic mass is 9.94. The molecule has 2 fully saturated rings. The molecule has 246 valence electrons. The number of carboxylic acids is 1. The number of carbonyl (C=O) groups is 3. The maximum atomic E-state index is 15.2. The standard InChI is InChI=1S/C32H41FN8O5/c33-26-19-24(6-8-28(26)46-18-11-22-9-14-39(15-10-22)29(42)21-36-38-34)27(20-30(43)44)41-17-16-40(32(41)45)13-2-4-25-7-5-23-3-1-12-35-31(23)37-25/h5-8,19,22,27H,1-4,9-18,20-21H2,(H,35,37)(H,43,44)/t27-/m0/s1. The second-order valence-electron chi connectivity index (χ2n) is 12.1. The molecule has 13 nitrogen and oxygen atoms in total. The molecule has 46 heavy (non-hydrogen) atoms. The summed E-state index contributed by atoms with van der Waals surface area (Å²) in [5.74, 6) is -0.531. The molecule has 2 aromatic rings. The molecule has 0 unspecified atom stereocenters. The molecule has 2 N–H and O–H groups in total. The van der Waals surface area contributed by atoms with E-state index in [-0.39, 0.29) is 30.7 Å². The van der Waals surface area contributed by atoms with Crippen molar-refractivity contribution in [3.8, 4) is 5.75 Å². The number of ether oxygens (including phenoxy) is 1. The summed E-state index contributed by atoms with van der Waals surface area (Å²) >= 11 is 0. The van der Waals surface area contributed by atoms with E-state index < -0.39 is 17.8 Å². The van der Waals surface area contributed by atoms with Gasteiger partial charge in [-0.2, -0.15) is 0 Å². The molecule has 0 radical (unpaired) electrons. The second-order valence-corrected chi connectivity index (χ2v) is 12.1. The lowest BCUT2D eigenvalue weighted by Gasteiger charge is -2.31. The van der Waals surface area contributed by atoms with Gasteiger partial charge < -0.3 is 29.9 Å². The van der Waals surface area contributed by atoms with Crippen molar-refractivity contribution >= 4 is 23.7 Å². The Labute approximate surface area is 267 Å². The van der Waals surface area contributed by atoms with Crippen molar-refractivity contribution in [3.05, 3.63) is 63.4 Å². The number of halogens is 1. The van der Waals surface area contributed by atoms with Gasteiger partial charge in [0.15, 0.2) is 11.6 Å². The van der Waals surface area contributed by atoms with E-state index >= 15 is 4.39 Å². The average Bonchev–Trinajstić information content (AvgIpc) is 3.42. The van der Waals surface area contributed by atoms with Crippen LogP contribution in [-0.2, 0) is 22.4 Å². The number of fused-ring (bicyclic) bond motifs is 1. The fourth-order valence-electron chi connectivity index (χ4n) is 6.47. The Morgan fingerprint density at radius 1 is 1.20 bits per heavy atom. The van der Waals surface area contributed by atoms with Crippen LogP contribution < -0.4 is 10.1 Å².